The highest BCUT2D eigenvalue weighted by Gasteiger charge is 2.30. The van der Waals surface area contributed by atoms with Crippen LogP contribution in [0.4, 0.5) is 5.00 Å². The summed E-state index contributed by atoms with van der Waals surface area (Å²) in [7, 11) is 3.07. The van der Waals surface area contributed by atoms with E-state index >= 15 is 0 Å². The van der Waals surface area contributed by atoms with Gasteiger partial charge in [-0.3, -0.25) is 4.79 Å². The van der Waals surface area contributed by atoms with Crippen molar-refractivity contribution in [3.05, 3.63) is 39.8 Å². The molecule has 1 heterocycles. The van der Waals surface area contributed by atoms with Crippen LogP contribution in [0.5, 0.6) is 11.5 Å². The van der Waals surface area contributed by atoms with Crippen molar-refractivity contribution in [2.45, 2.75) is 39.5 Å². The van der Waals surface area contributed by atoms with Crippen LogP contribution in [0.2, 0.25) is 0 Å². The molecule has 1 aromatic carbocycles. The molecular weight excluding hydrogens is 390 g/mol. The average molecular weight is 418 g/mol. The van der Waals surface area contributed by atoms with Crippen molar-refractivity contribution in [2.24, 2.45) is 5.92 Å². The lowest BCUT2D eigenvalue weighted by Crippen LogP contribution is -2.17. The van der Waals surface area contributed by atoms with Gasteiger partial charge >= 0.3 is 5.97 Å². The van der Waals surface area contributed by atoms with Gasteiger partial charge in [-0.05, 0) is 55.9 Å². The Hall–Kier alpha value is -2.54. The van der Waals surface area contributed by atoms with Crippen LogP contribution >= 0.6 is 11.3 Å². The monoisotopic (exact) mass is 417 g/mol. The van der Waals surface area contributed by atoms with E-state index in [1.54, 1.807) is 32.2 Å². The maximum absolute atomic E-state index is 12.9. The van der Waals surface area contributed by atoms with Crippen molar-refractivity contribution in [1.29, 1.82) is 0 Å². The SMILES string of the molecule is CCOC(=O)c1c(NC(=O)c2ccc(OC)c(OC)c2)sc2c1CCC(CC)C2. The van der Waals surface area contributed by atoms with Crippen LogP contribution in [-0.2, 0) is 17.6 Å². The zero-order chi connectivity index (χ0) is 21.0. The van der Waals surface area contributed by atoms with Crippen LogP contribution in [0.15, 0.2) is 18.2 Å². The molecule has 3 rings (SSSR count). The summed E-state index contributed by atoms with van der Waals surface area (Å²) in [5.74, 6) is 0.964. The van der Waals surface area contributed by atoms with E-state index in [4.69, 9.17) is 14.2 Å². The molecule has 0 spiro atoms. The predicted octanol–water partition coefficient (Wildman–Crippen LogP) is 4.71. The number of hydrogen-bond acceptors (Lipinski definition) is 6. The summed E-state index contributed by atoms with van der Waals surface area (Å²) in [6.45, 7) is 4.27. The van der Waals surface area contributed by atoms with Gasteiger partial charge in [0, 0.05) is 10.4 Å². The van der Waals surface area contributed by atoms with Crippen molar-refractivity contribution in [3.8, 4) is 11.5 Å². The highest BCUT2D eigenvalue weighted by Crippen LogP contribution is 2.41. The topological polar surface area (TPSA) is 73.9 Å². The van der Waals surface area contributed by atoms with E-state index in [-0.39, 0.29) is 11.9 Å². The number of esters is 1. The van der Waals surface area contributed by atoms with E-state index in [0.717, 1.165) is 31.2 Å². The molecule has 0 aliphatic heterocycles. The maximum atomic E-state index is 12.9. The number of carbonyl (C=O) groups is 2. The Labute approximate surface area is 175 Å². The molecule has 156 valence electrons. The van der Waals surface area contributed by atoms with Gasteiger partial charge in [0.2, 0.25) is 0 Å². The summed E-state index contributed by atoms with van der Waals surface area (Å²) < 4.78 is 15.8. The van der Waals surface area contributed by atoms with Gasteiger partial charge in [0.1, 0.15) is 5.00 Å². The Morgan fingerprint density at radius 1 is 1.17 bits per heavy atom. The number of hydrogen-bond donors (Lipinski definition) is 1. The first-order valence-corrected chi connectivity index (χ1v) is 10.7. The number of nitrogens with one attached hydrogen (secondary N) is 1. The van der Waals surface area contributed by atoms with Gasteiger partial charge in [-0.2, -0.15) is 0 Å². The molecule has 1 aliphatic carbocycles. The Morgan fingerprint density at radius 2 is 1.93 bits per heavy atom. The second-order valence-corrected chi connectivity index (χ2v) is 8.07. The van der Waals surface area contributed by atoms with Gasteiger partial charge in [0.25, 0.3) is 5.91 Å². The predicted molar refractivity (Wildman–Crippen MR) is 114 cm³/mol. The molecule has 1 N–H and O–H groups in total. The molecule has 1 aromatic heterocycles. The Morgan fingerprint density at radius 3 is 2.59 bits per heavy atom. The average Bonchev–Trinajstić information content (AvgIpc) is 3.09. The third-order valence-electron chi connectivity index (χ3n) is 5.30. The number of amides is 1. The first-order valence-electron chi connectivity index (χ1n) is 9.87. The number of rotatable bonds is 7. The van der Waals surface area contributed by atoms with Gasteiger partial charge in [-0.25, -0.2) is 4.79 Å². The molecule has 1 amide bonds. The summed E-state index contributed by atoms with van der Waals surface area (Å²) in [4.78, 5) is 26.7. The van der Waals surface area contributed by atoms with Crippen molar-refractivity contribution in [3.63, 3.8) is 0 Å². The van der Waals surface area contributed by atoms with Gasteiger partial charge in [-0.1, -0.05) is 13.3 Å². The van der Waals surface area contributed by atoms with E-state index < -0.39 is 0 Å². The van der Waals surface area contributed by atoms with Crippen molar-refractivity contribution in [1.82, 2.24) is 0 Å². The molecule has 2 aromatic rings. The number of anilines is 1. The second kappa shape index (κ2) is 9.31. The van der Waals surface area contributed by atoms with Gasteiger partial charge in [0.05, 0.1) is 26.4 Å². The van der Waals surface area contributed by atoms with Gasteiger partial charge in [0.15, 0.2) is 11.5 Å². The molecule has 0 bridgehead atoms. The summed E-state index contributed by atoms with van der Waals surface area (Å²) >= 11 is 1.49. The normalized spacial score (nSPS) is 15.4. The van der Waals surface area contributed by atoms with Crippen LogP contribution in [-0.4, -0.2) is 32.7 Å². The summed E-state index contributed by atoms with van der Waals surface area (Å²) in [5, 5.41) is 3.49. The van der Waals surface area contributed by atoms with Crippen LogP contribution in [0, 0.1) is 5.92 Å². The van der Waals surface area contributed by atoms with Crippen LogP contribution < -0.4 is 14.8 Å². The first-order chi connectivity index (χ1) is 14.0. The van der Waals surface area contributed by atoms with Crippen LogP contribution in [0.3, 0.4) is 0 Å². The smallest absolute Gasteiger partial charge is 0.341 e. The highest BCUT2D eigenvalue weighted by atomic mass is 32.1. The Bertz CT molecular complexity index is 905. The lowest BCUT2D eigenvalue weighted by atomic mass is 9.85. The molecule has 0 saturated heterocycles. The number of thiophene rings is 1. The molecule has 0 saturated carbocycles. The largest absolute Gasteiger partial charge is 0.493 e. The lowest BCUT2D eigenvalue weighted by Gasteiger charge is -2.20. The molecule has 0 radical (unpaired) electrons. The first kappa shape index (κ1) is 21.2. The van der Waals surface area contributed by atoms with Crippen molar-refractivity contribution in [2.75, 3.05) is 26.1 Å². The van der Waals surface area contributed by atoms with E-state index in [0.29, 0.717) is 40.2 Å². The number of carbonyl (C=O) groups excluding carboxylic acids is 2. The molecule has 1 atom stereocenters. The van der Waals surface area contributed by atoms with Gasteiger partial charge < -0.3 is 19.5 Å². The highest BCUT2D eigenvalue weighted by molar-refractivity contribution is 7.17. The summed E-state index contributed by atoms with van der Waals surface area (Å²) in [6, 6.07) is 4.98. The molecule has 7 heteroatoms. The zero-order valence-electron chi connectivity index (χ0n) is 17.3. The third-order valence-corrected chi connectivity index (χ3v) is 6.47. The van der Waals surface area contributed by atoms with E-state index in [9.17, 15) is 9.59 Å². The molecular formula is C22H27NO5S. The minimum atomic E-state index is -0.373. The molecule has 29 heavy (non-hydrogen) atoms. The molecule has 1 aliphatic rings. The lowest BCUT2D eigenvalue weighted by molar-refractivity contribution is 0.0526. The number of benzene rings is 1. The zero-order valence-corrected chi connectivity index (χ0v) is 18.1. The van der Waals surface area contributed by atoms with Crippen molar-refractivity contribution < 1.29 is 23.8 Å². The fourth-order valence-corrected chi connectivity index (χ4v) is 5.01. The third kappa shape index (κ3) is 4.40. The van der Waals surface area contributed by atoms with E-state index in [2.05, 4.69) is 12.2 Å². The molecule has 1 unspecified atom stereocenters. The van der Waals surface area contributed by atoms with Gasteiger partial charge in [-0.15, -0.1) is 11.3 Å². The minimum absolute atomic E-state index is 0.296. The quantitative estimate of drug-likeness (QED) is 0.661. The fourth-order valence-electron chi connectivity index (χ4n) is 3.66. The number of methoxy groups -OCH3 is 2. The maximum Gasteiger partial charge on any atom is 0.341 e. The minimum Gasteiger partial charge on any atom is -0.493 e. The summed E-state index contributed by atoms with van der Waals surface area (Å²) in [5.41, 5.74) is 1.96. The Balaban J connectivity index is 1.93. The fraction of sp³-hybridized carbons (Fsp3) is 0.455. The standard InChI is InChI=1S/C22H27NO5S/c1-5-13-7-9-15-18(11-13)29-21(19(15)22(25)28-6-2)23-20(24)14-8-10-16(26-3)17(12-14)27-4/h8,10,12-13H,5-7,9,11H2,1-4H3,(H,23,24). The number of fused-ring (bicyclic) bond motifs is 1. The number of ether oxygens (including phenoxy) is 3. The summed E-state index contributed by atoms with van der Waals surface area (Å²) in [6.07, 6.45) is 3.94. The molecule has 0 fully saturated rings. The van der Waals surface area contributed by atoms with Crippen LogP contribution in [0.25, 0.3) is 0 Å². The van der Waals surface area contributed by atoms with Crippen molar-refractivity contribution >= 4 is 28.2 Å². The molecule has 6 nitrogen and oxygen atoms in total. The Kier molecular flexibility index (Phi) is 6.79. The van der Waals surface area contributed by atoms with E-state index in [1.165, 1.54) is 23.3 Å². The second-order valence-electron chi connectivity index (χ2n) is 6.97. The van der Waals surface area contributed by atoms with E-state index in [1.807, 2.05) is 0 Å². The van der Waals surface area contributed by atoms with Crippen LogP contribution in [0.1, 0.15) is 57.8 Å².